The van der Waals surface area contributed by atoms with Gasteiger partial charge >= 0.3 is 5.97 Å². The average Bonchev–Trinajstić information content (AvgIpc) is 3.42. The van der Waals surface area contributed by atoms with Crippen LogP contribution in [0.5, 0.6) is 5.88 Å². The Hall–Kier alpha value is -4.60. The summed E-state index contributed by atoms with van der Waals surface area (Å²) in [6.45, 7) is 4.30. The smallest absolute Gasteiger partial charge is 0.337 e. The molecule has 0 saturated carbocycles. The number of ether oxygens (including phenoxy) is 3. The van der Waals surface area contributed by atoms with Crippen molar-refractivity contribution in [1.82, 2.24) is 19.4 Å². The van der Waals surface area contributed by atoms with Crippen LogP contribution in [-0.2, 0) is 22.6 Å². The zero-order valence-electron chi connectivity index (χ0n) is 25.2. The number of carbonyl (C=O) groups is 1. The Morgan fingerprint density at radius 3 is 2.73 bits per heavy atom. The first-order valence-corrected chi connectivity index (χ1v) is 14.9. The number of alkyl halides is 1. The van der Waals surface area contributed by atoms with Crippen molar-refractivity contribution in [2.75, 3.05) is 44.9 Å². The van der Waals surface area contributed by atoms with Gasteiger partial charge in [0.1, 0.15) is 30.7 Å². The summed E-state index contributed by atoms with van der Waals surface area (Å²) in [6, 6.07) is 16.2. The molecule has 0 radical (unpaired) electrons. The maximum absolute atomic E-state index is 14.7. The van der Waals surface area contributed by atoms with Gasteiger partial charge in [0, 0.05) is 37.9 Å². The van der Waals surface area contributed by atoms with Crippen LogP contribution in [0, 0.1) is 17.1 Å². The second kappa shape index (κ2) is 13.2. The molecule has 0 amide bonds. The number of benzene rings is 2. The molecular weight excluding hydrogens is 582 g/mol. The second-order valence-electron chi connectivity index (χ2n) is 11.3. The Bertz CT molecular complexity index is 1740. The van der Waals surface area contributed by atoms with Crippen molar-refractivity contribution in [2.45, 2.75) is 44.7 Å². The molecular formula is C33H34F2N6O4. The van der Waals surface area contributed by atoms with Crippen LogP contribution in [0.3, 0.4) is 0 Å². The lowest BCUT2D eigenvalue weighted by molar-refractivity contribution is -0.0595. The normalized spacial score (nSPS) is 19.1. The molecule has 4 heterocycles. The highest BCUT2D eigenvalue weighted by atomic mass is 19.1. The number of fused-ring (bicyclic) bond motifs is 1. The predicted molar refractivity (Wildman–Crippen MR) is 162 cm³/mol. The molecule has 0 spiro atoms. The van der Waals surface area contributed by atoms with Crippen molar-refractivity contribution in [3.05, 3.63) is 82.9 Å². The van der Waals surface area contributed by atoms with E-state index in [-0.39, 0.29) is 24.3 Å². The third kappa shape index (κ3) is 6.32. The van der Waals surface area contributed by atoms with Crippen LogP contribution >= 0.6 is 0 Å². The van der Waals surface area contributed by atoms with Gasteiger partial charge in [0.25, 0.3) is 0 Å². The Morgan fingerprint density at radius 2 is 2.02 bits per heavy atom. The summed E-state index contributed by atoms with van der Waals surface area (Å²) in [6.07, 6.45) is 0.992. The molecule has 3 atom stereocenters. The summed E-state index contributed by atoms with van der Waals surface area (Å²) in [5, 5.41) is 8.96. The summed E-state index contributed by atoms with van der Waals surface area (Å²) < 4.78 is 47.5. The van der Waals surface area contributed by atoms with Gasteiger partial charge in [-0.15, -0.1) is 0 Å². The van der Waals surface area contributed by atoms with E-state index in [0.717, 1.165) is 23.3 Å². The quantitative estimate of drug-likeness (QED) is 0.232. The topological polar surface area (TPSA) is 106 Å². The first kappa shape index (κ1) is 30.4. The number of methoxy groups -OCH3 is 1. The van der Waals surface area contributed by atoms with E-state index in [4.69, 9.17) is 24.5 Å². The lowest BCUT2D eigenvalue weighted by Crippen LogP contribution is -2.55. The molecule has 2 aromatic heterocycles. The third-order valence-corrected chi connectivity index (χ3v) is 8.55. The summed E-state index contributed by atoms with van der Waals surface area (Å²) >= 11 is 0. The number of pyridine rings is 1. The van der Waals surface area contributed by atoms with E-state index < -0.39 is 24.5 Å². The molecule has 0 aliphatic carbocycles. The minimum absolute atomic E-state index is 0.0413. The number of anilines is 1. The van der Waals surface area contributed by atoms with E-state index in [0.29, 0.717) is 55.6 Å². The number of rotatable bonds is 10. The van der Waals surface area contributed by atoms with Gasteiger partial charge in [-0.1, -0.05) is 12.1 Å². The zero-order valence-corrected chi connectivity index (χ0v) is 25.2. The van der Waals surface area contributed by atoms with Crippen LogP contribution < -0.4 is 9.64 Å². The molecule has 10 nitrogen and oxygen atoms in total. The van der Waals surface area contributed by atoms with E-state index in [1.807, 2.05) is 30.0 Å². The number of imidazole rings is 1. The minimum atomic E-state index is -0.562. The van der Waals surface area contributed by atoms with Gasteiger partial charge in [0.05, 0.1) is 60.1 Å². The van der Waals surface area contributed by atoms with Gasteiger partial charge in [0.2, 0.25) is 5.88 Å². The molecule has 2 aliphatic rings. The highest BCUT2D eigenvalue weighted by Crippen LogP contribution is 2.31. The minimum Gasteiger partial charge on any atom is -0.473 e. The van der Waals surface area contributed by atoms with Crippen molar-refractivity contribution in [3.8, 4) is 11.9 Å². The molecule has 1 unspecified atom stereocenters. The molecule has 0 bridgehead atoms. The molecule has 6 rings (SSSR count). The molecule has 2 aliphatic heterocycles. The van der Waals surface area contributed by atoms with Crippen LogP contribution in [0.25, 0.3) is 11.0 Å². The lowest BCUT2D eigenvalue weighted by atomic mass is 10.1. The van der Waals surface area contributed by atoms with Crippen molar-refractivity contribution in [1.29, 1.82) is 5.26 Å². The number of hydrogen-bond donors (Lipinski definition) is 0. The number of aromatic nitrogens is 3. The van der Waals surface area contributed by atoms with Crippen molar-refractivity contribution in [2.24, 2.45) is 0 Å². The summed E-state index contributed by atoms with van der Waals surface area (Å²) in [4.78, 5) is 26.0. The largest absolute Gasteiger partial charge is 0.473 e. The van der Waals surface area contributed by atoms with Crippen molar-refractivity contribution < 1.29 is 27.8 Å². The Labute approximate surface area is 259 Å². The number of nitriles is 1. The number of carbonyl (C=O) groups excluding carboxylic acids is 1. The third-order valence-electron chi connectivity index (χ3n) is 8.55. The van der Waals surface area contributed by atoms with Gasteiger partial charge in [-0.25, -0.2) is 18.6 Å². The number of hydrogen-bond acceptors (Lipinski definition) is 9. The van der Waals surface area contributed by atoms with Crippen LogP contribution in [0.4, 0.5) is 14.6 Å². The molecule has 12 heteroatoms. The van der Waals surface area contributed by atoms with Crippen molar-refractivity contribution in [3.63, 3.8) is 0 Å². The predicted octanol–water partition coefficient (Wildman–Crippen LogP) is 4.82. The van der Waals surface area contributed by atoms with E-state index in [2.05, 4.69) is 14.5 Å². The fourth-order valence-electron chi connectivity index (χ4n) is 5.95. The van der Waals surface area contributed by atoms with Gasteiger partial charge in [-0.3, -0.25) is 4.90 Å². The number of nitrogens with zero attached hydrogens (tertiary/aromatic N) is 6. The number of halogens is 2. The summed E-state index contributed by atoms with van der Waals surface area (Å²) in [5.41, 5.74) is 2.56. The standard InChI is InChI=1S/C33H34F2N6O4/c1-21(32-37-28-9-8-23(33(42)43-2)15-29(28)41(32)19-26-10-13-44-26)40-12-11-39(18-25(40)16-34)30-4-3-5-31(38-30)45-20-24-7-6-22(17-36)14-27(24)35/h3-9,14-15,21,25-26H,10-13,16,18-20H2,1-2H3/t21?,25-,26-/m0/s1. The van der Waals surface area contributed by atoms with Crippen LogP contribution in [0.1, 0.15) is 46.7 Å². The van der Waals surface area contributed by atoms with Gasteiger partial charge in [0.15, 0.2) is 0 Å². The Balaban J connectivity index is 1.19. The lowest BCUT2D eigenvalue weighted by Gasteiger charge is -2.43. The molecule has 45 heavy (non-hydrogen) atoms. The van der Waals surface area contributed by atoms with E-state index in [1.165, 1.54) is 19.2 Å². The molecule has 4 aromatic rings. The first-order chi connectivity index (χ1) is 21.9. The molecule has 0 N–H and O–H groups in total. The molecule has 2 fully saturated rings. The first-order valence-electron chi connectivity index (χ1n) is 14.9. The summed E-state index contributed by atoms with van der Waals surface area (Å²) in [7, 11) is 1.35. The van der Waals surface area contributed by atoms with Gasteiger partial charge in [-0.2, -0.15) is 10.2 Å². The second-order valence-corrected chi connectivity index (χ2v) is 11.3. The fraction of sp³-hybridized carbons (Fsp3) is 0.394. The average molecular weight is 617 g/mol. The van der Waals surface area contributed by atoms with Crippen LogP contribution in [-0.4, -0.2) is 77.6 Å². The highest BCUT2D eigenvalue weighted by Gasteiger charge is 2.34. The molecule has 2 saturated heterocycles. The fourth-order valence-corrected chi connectivity index (χ4v) is 5.95. The monoisotopic (exact) mass is 616 g/mol. The van der Waals surface area contributed by atoms with Crippen LogP contribution in [0.2, 0.25) is 0 Å². The number of piperazine rings is 1. The zero-order chi connectivity index (χ0) is 31.5. The molecule has 2 aromatic carbocycles. The van der Waals surface area contributed by atoms with E-state index in [1.54, 1.807) is 30.3 Å². The highest BCUT2D eigenvalue weighted by molar-refractivity contribution is 5.93. The van der Waals surface area contributed by atoms with Crippen LogP contribution in [0.15, 0.2) is 54.6 Å². The van der Waals surface area contributed by atoms with Gasteiger partial charge < -0.3 is 23.7 Å². The maximum atomic E-state index is 14.7. The van der Waals surface area contributed by atoms with E-state index in [9.17, 15) is 13.6 Å². The SMILES string of the molecule is COC(=O)c1ccc2nc(C(C)N3CCN(c4cccc(OCc5ccc(C#N)cc5F)n4)C[C@@H]3CF)n(C[C@@H]3CCO3)c2c1. The van der Waals surface area contributed by atoms with Gasteiger partial charge in [-0.05, 0) is 49.7 Å². The Kier molecular flexibility index (Phi) is 8.91. The molecule has 234 valence electrons. The maximum Gasteiger partial charge on any atom is 0.337 e. The number of esters is 1. The van der Waals surface area contributed by atoms with Crippen molar-refractivity contribution >= 4 is 22.8 Å². The summed E-state index contributed by atoms with van der Waals surface area (Å²) in [5.74, 6) is 0.819. The Morgan fingerprint density at radius 1 is 1.18 bits per heavy atom. The van der Waals surface area contributed by atoms with E-state index >= 15 is 0 Å².